The summed E-state index contributed by atoms with van der Waals surface area (Å²) in [6.07, 6.45) is 3.29. The van der Waals surface area contributed by atoms with Crippen molar-refractivity contribution in [3.05, 3.63) is 77.1 Å². The number of hydrogen-bond acceptors (Lipinski definition) is 3. The molecule has 1 aromatic carbocycles. The molecule has 0 unspecified atom stereocenters. The van der Waals surface area contributed by atoms with Gasteiger partial charge in [0.1, 0.15) is 5.69 Å². The highest BCUT2D eigenvalue weighted by atomic mass is 35.5. The summed E-state index contributed by atoms with van der Waals surface area (Å²) in [6.45, 7) is 0.341. The van der Waals surface area contributed by atoms with Crippen LogP contribution >= 0.6 is 11.6 Å². The van der Waals surface area contributed by atoms with Gasteiger partial charge in [-0.15, -0.1) is 0 Å². The Kier molecular flexibility index (Phi) is 4.21. The summed E-state index contributed by atoms with van der Waals surface area (Å²) in [6, 6.07) is 14.3. The van der Waals surface area contributed by atoms with Crippen molar-refractivity contribution < 1.29 is 9.21 Å². The minimum Gasteiger partial charge on any atom is -0.463 e. The van der Waals surface area contributed by atoms with Crippen LogP contribution in [0.1, 0.15) is 15.9 Å². The minimum atomic E-state index is -0.222. The van der Waals surface area contributed by atoms with E-state index in [1.165, 1.54) is 0 Å². The molecule has 2 heterocycles. The number of nitrogens with one attached hydrogen (secondary N) is 1. The normalized spacial score (nSPS) is 10.4. The van der Waals surface area contributed by atoms with Crippen molar-refractivity contribution in [3.8, 4) is 11.5 Å². The largest absolute Gasteiger partial charge is 0.463 e. The zero-order valence-corrected chi connectivity index (χ0v) is 12.4. The third-order valence-electron chi connectivity index (χ3n) is 3.20. The lowest BCUT2D eigenvalue weighted by molar-refractivity contribution is 0.0951. The fourth-order valence-corrected chi connectivity index (χ4v) is 2.35. The van der Waals surface area contributed by atoms with E-state index in [0.717, 1.165) is 5.56 Å². The van der Waals surface area contributed by atoms with Gasteiger partial charge in [-0.2, -0.15) is 0 Å². The predicted molar refractivity (Wildman–Crippen MR) is 84.6 cm³/mol. The van der Waals surface area contributed by atoms with Crippen LogP contribution in [0.25, 0.3) is 11.5 Å². The number of carbonyl (C=O) groups excluding carboxylic acids is 1. The Hall–Kier alpha value is -2.59. The number of halogens is 1. The van der Waals surface area contributed by atoms with Crippen molar-refractivity contribution in [2.75, 3.05) is 0 Å². The molecule has 1 N–H and O–H groups in total. The number of amides is 1. The second-order valence-corrected chi connectivity index (χ2v) is 5.06. The molecule has 22 heavy (non-hydrogen) atoms. The van der Waals surface area contributed by atoms with Crippen molar-refractivity contribution in [2.24, 2.45) is 0 Å². The van der Waals surface area contributed by atoms with E-state index < -0.39 is 0 Å². The summed E-state index contributed by atoms with van der Waals surface area (Å²) in [5, 5.41) is 3.28. The van der Waals surface area contributed by atoms with E-state index in [1.807, 2.05) is 18.2 Å². The first-order valence-electron chi connectivity index (χ1n) is 6.76. The Morgan fingerprint density at radius 2 is 2.00 bits per heavy atom. The Balaban J connectivity index is 1.78. The van der Waals surface area contributed by atoms with Gasteiger partial charge < -0.3 is 9.73 Å². The topological polar surface area (TPSA) is 55.1 Å². The first kappa shape index (κ1) is 14.4. The van der Waals surface area contributed by atoms with Crippen LogP contribution < -0.4 is 5.32 Å². The second-order valence-electron chi connectivity index (χ2n) is 4.65. The number of nitrogens with zero attached hydrogens (tertiary/aromatic N) is 1. The molecule has 0 spiro atoms. The molecule has 0 bridgehead atoms. The van der Waals surface area contributed by atoms with Crippen LogP contribution in [0, 0.1) is 0 Å². The van der Waals surface area contributed by atoms with E-state index in [2.05, 4.69) is 10.3 Å². The highest BCUT2D eigenvalue weighted by Crippen LogP contribution is 2.21. The van der Waals surface area contributed by atoms with Crippen LogP contribution in [-0.2, 0) is 6.54 Å². The van der Waals surface area contributed by atoms with E-state index >= 15 is 0 Å². The summed E-state index contributed by atoms with van der Waals surface area (Å²) in [7, 11) is 0. The van der Waals surface area contributed by atoms with Crippen LogP contribution in [0.3, 0.4) is 0 Å². The number of pyridine rings is 1. The molecule has 2 aromatic heterocycles. The molecule has 5 heteroatoms. The Bertz CT molecular complexity index is 785. The quantitative estimate of drug-likeness (QED) is 0.794. The summed E-state index contributed by atoms with van der Waals surface area (Å²) in [4.78, 5) is 16.5. The molecule has 0 fully saturated rings. The maximum absolute atomic E-state index is 12.2. The zero-order chi connectivity index (χ0) is 15.4. The van der Waals surface area contributed by atoms with Crippen molar-refractivity contribution >= 4 is 17.5 Å². The van der Waals surface area contributed by atoms with Gasteiger partial charge in [-0.1, -0.05) is 29.8 Å². The molecule has 0 radical (unpaired) electrons. The monoisotopic (exact) mass is 312 g/mol. The van der Waals surface area contributed by atoms with Crippen LogP contribution in [0.4, 0.5) is 0 Å². The average Bonchev–Trinajstić information content (AvgIpc) is 3.07. The smallest absolute Gasteiger partial charge is 0.253 e. The maximum Gasteiger partial charge on any atom is 0.253 e. The third-order valence-corrected chi connectivity index (χ3v) is 3.53. The van der Waals surface area contributed by atoms with Gasteiger partial charge in [-0.05, 0) is 30.3 Å². The Morgan fingerprint density at radius 1 is 1.14 bits per heavy atom. The fourth-order valence-electron chi connectivity index (χ4n) is 2.13. The fraction of sp³-hybridized carbons (Fsp3) is 0.0588. The van der Waals surface area contributed by atoms with E-state index in [0.29, 0.717) is 28.6 Å². The van der Waals surface area contributed by atoms with Gasteiger partial charge >= 0.3 is 0 Å². The first-order valence-corrected chi connectivity index (χ1v) is 7.14. The molecule has 110 valence electrons. The molecule has 3 aromatic rings. The molecular weight excluding hydrogens is 300 g/mol. The maximum atomic E-state index is 12.2. The second kappa shape index (κ2) is 6.45. The van der Waals surface area contributed by atoms with Gasteiger partial charge in [-0.25, -0.2) is 0 Å². The van der Waals surface area contributed by atoms with E-state index in [1.54, 1.807) is 42.8 Å². The molecule has 0 aliphatic heterocycles. The number of rotatable bonds is 4. The van der Waals surface area contributed by atoms with Crippen molar-refractivity contribution in [2.45, 2.75) is 6.54 Å². The molecule has 3 rings (SSSR count). The van der Waals surface area contributed by atoms with Crippen LogP contribution in [0.15, 0.2) is 65.4 Å². The van der Waals surface area contributed by atoms with Crippen molar-refractivity contribution in [3.63, 3.8) is 0 Å². The Morgan fingerprint density at radius 3 is 2.77 bits per heavy atom. The molecular formula is C17H13ClN2O2. The van der Waals surface area contributed by atoms with Gasteiger partial charge in [0.2, 0.25) is 0 Å². The van der Waals surface area contributed by atoms with Gasteiger partial charge in [0.15, 0.2) is 5.76 Å². The lowest BCUT2D eigenvalue weighted by Crippen LogP contribution is -2.23. The lowest BCUT2D eigenvalue weighted by Gasteiger charge is -2.09. The van der Waals surface area contributed by atoms with Gasteiger partial charge in [-0.3, -0.25) is 9.78 Å². The number of furan rings is 1. The zero-order valence-electron chi connectivity index (χ0n) is 11.6. The molecule has 4 nitrogen and oxygen atoms in total. The molecule has 1 amide bonds. The highest BCUT2D eigenvalue weighted by molar-refractivity contribution is 6.33. The van der Waals surface area contributed by atoms with Gasteiger partial charge in [0, 0.05) is 18.3 Å². The Labute approximate surface area is 132 Å². The number of benzene rings is 1. The molecule has 0 saturated heterocycles. The summed E-state index contributed by atoms with van der Waals surface area (Å²) < 4.78 is 5.37. The van der Waals surface area contributed by atoms with Crippen LogP contribution in [-0.4, -0.2) is 10.9 Å². The van der Waals surface area contributed by atoms with Crippen LogP contribution in [0.5, 0.6) is 0 Å². The summed E-state index contributed by atoms with van der Waals surface area (Å²) in [5.74, 6) is 0.447. The van der Waals surface area contributed by atoms with E-state index in [4.69, 9.17) is 16.0 Å². The van der Waals surface area contributed by atoms with Gasteiger partial charge in [0.25, 0.3) is 5.91 Å². The minimum absolute atomic E-state index is 0.222. The predicted octanol–water partition coefficient (Wildman–Crippen LogP) is 3.93. The summed E-state index contributed by atoms with van der Waals surface area (Å²) >= 11 is 6.03. The van der Waals surface area contributed by atoms with Gasteiger partial charge in [0.05, 0.1) is 16.8 Å². The van der Waals surface area contributed by atoms with Crippen molar-refractivity contribution in [1.82, 2.24) is 10.3 Å². The highest BCUT2D eigenvalue weighted by Gasteiger charge is 2.12. The SMILES string of the molecule is O=C(NCc1cccnc1-c1ccco1)c1ccccc1Cl. The van der Waals surface area contributed by atoms with E-state index in [9.17, 15) is 4.79 Å². The molecule has 0 atom stereocenters. The average molecular weight is 313 g/mol. The number of hydrogen-bond donors (Lipinski definition) is 1. The number of aromatic nitrogens is 1. The van der Waals surface area contributed by atoms with E-state index in [-0.39, 0.29) is 5.91 Å². The van der Waals surface area contributed by atoms with Crippen LogP contribution in [0.2, 0.25) is 5.02 Å². The summed E-state index contributed by atoms with van der Waals surface area (Å²) in [5.41, 5.74) is 2.04. The third kappa shape index (κ3) is 3.02. The lowest BCUT2D eigenvalue weighted by atomic mass is 10.1. The first-order chi connectivity index (χ1) is 10.8. The standard InChI is InChI=1S/C17H13ClN2O2/c18-14-7-2-1-6-13(14)17(21)20-11-12-5-3-9-19-16(12)15-8-4-10-22-15/h1-10H,11H2,(H,20,21). The number of carbonyl (C=O) groups is 1. The molecule has 0 aliphatic carbocycles. The van der Waals surface area contributed by atoms with Crippen molar-refractivity contribution in [1.29, 1.82) is 0 Å². The molecule has 0 aliphatic rings. The molecule has 0 saturated carbocycles.